The zero-order valence-corrected chi connectivity index (χ0v) is 9.87. The maximum atomic E-state index is 12.6. The van der Waals surface area contributed by atoms with Gasteiger partial charge >= 0.3 is 12.5 Å². The molecule has 0 bridgehead atoms. The molecular weight excluding hydrogens is 326 g/mol. The van der Waals surface area contributed by atoms with Gasteiger partial charge in [-0.3, -0.25) is 0 Å². The summed E-state index contributed by atoms with van der Waals surface area (Å²) in [5.74, 6) is -2.57. The second kappa shape index (κ2) is 5.58. The molecular formula is C9H4ClF8NO. The summed E-state index contributed by atoms with van der Waals surface area (Å²) in [6.45, 7) is 0. The zero-order valence-electron chi connectivity index (χ0n) is 9.12. The summed E-state index contributed by atoms with van der Waals surface area (Å²) in [5.41, 5.74) is -4.64. The molecule has 0 radical (unpaired) electrons. The molecule has 0 aliphatic rings. The van der Waals surface area contributed by atoms with Gasteiger partial charge in [0, 0.05) is 0 Å². The van der Waals surface area contributed by atoms with Gasteiger partial charge in [0.15, 0.2) is 0 Å². The molecule has 0 aromatic carbocycles. The van der Waals surface area contributed by atoms with Gasteiger partial charge < -0.3 is 4.74 Å². The van der Waals surface area contributed by atoms with E-state index >= 15 is 0 Å². The van der Waals surface area contributed by atoms with Gasteiger partial charge in [0.2, 0.25) is 5.88 Å². The molecule has 20 heavy (non-hydrogen) atoms. The van der Waals surface area contributed by atoms with E-state index < -0.39 is 47.5 Å². The number of rotatable bonds is 3. The van der Waals surface area contributed by atoms with Crippen LogP contribution in [0.1, 0.15) is 23.2 Å². The van der Waals surface area contributed by atoms with Crippen molar-refractivity contribution in [2.75, 3.05) is 0 Å². The molecule has 0 spiro atoms. The van der Waals surface area contributed by atoms with Crippen molar-refractivity contribution in [3.8, 4) is 5.88 Å². The lowest BCUT2D eigenvalue weighted by molar-refractivity contribution is -0.277. The molecule has 1 rings (SSSR count). The van der Waals surface area contributed by atoms with Crippen molar-refractivity contribution in [3.63, 3.8) is 0 Å². The molecule has 0 aliphatic heterocycles. The Hall–Kier alpha value is -1.32. The van der Waals surface area contributed by atoms with E-state index in [1.165, 1.54) is 0 Å². The first kappa shape index (κ1) is 16.7. The second-order valence-corrected chi connectivity index (χ2v) is 3.63. The van der Waals surface area contributed by atoms with Gasteiger partial charge in [-0.1, -0.05) is 0 Å². The number of pyridine rings is 1. The molecule has 11 heteroatoms. The van der Waals surface area contributed by atoms with Crippen LogP contribution < -0.4 is 4.74 Å². The van der Waals surface area contributed by atoms with Gasteiger partial charge in [-0.15, -0.1) is 24.8 Å². The average molecular weight is 330 g/mol. The number of ether oxygens (including phenoxy) is 1. The summed E-state index contributed by atoms with van der Waals surface area (Å²) in [7, 11) is 0. The molecule has 0 fully saturated rings. The lowest BCUT2D eigenvalue weighted by Gasteiger charge is -2.18. The fourth-order valence-electron chi connectivity index (χ4n) is 1.28. The molecule has 114 valence electrons. The molecule has 0 aliphatic carbocycles. The van der Waals surface area contributed by atoms with Crippen LogP contribution in [0.3, 0.4) is 0 Å². The predicted octanol–water partition coefficient (Wildman–Crippen LogP) is 4.68. The monoisotopic (exact) mass is 329 g/mol. The van der Waals surface area contributed by atoms with Crippen molar-refractivity contribution in [1.29, 1.82) is 0 Å². The Bertz CT molecular complexity index is 484. The summed E-state index contributed by atoms with van der Waals surface area (Å²) < 4.78 is 102. The van der Waals surface area contributed by atoms with E-state index in [9.17, 15) is 35.1 Å². The first-order valence-corrected chi connectivity index (χ1v) is 5.20. The highest BCUT2D eigenvalue weighted by Crippen LogP contribution is 2.42. The first-order chi connectivity index (χ1) is 8.95. The first-order valence-electron chi connectivity index (χ1n) is 4.66. The summed E-state index contributed by atoms with van der Waals surface area (Å²) in [4.78, 5) is 2.92. The summed E-state index contributed by atoms with van der Waals surface area (Å²) >= 11 is 5.17. The Labute approximate surface area is 111 Å². The van der Waals surface area contributed by atoms with Gasteiger partial charge in [-0.25, -0.2) is 13.8 Å². The highest BCUT2D eigenvalue weighted by Gasteiger charge is 2.41. The number of alkyl halides is 9. The molecule has 0 N–H and O–H groups in total. The lowest BCUT2D eigenvalue weighted by Crippen LogP contribution is -2.21. The van der Waals surface area contributed by atoms with Crippen LogP contribution in [0.2, 0.25) is 0 Å². The van der Waals surface area contributed by atoms with Crippen LogP contribution in [0.15, 0.2) is 6.07 Å². The van der Waals surface area contributed by atoms with Gasteiger partial charge in [0.25, 0.3) is 6.43 Å². The molecule has 0 saturated carbocycles. The van der Waals surface area contributed by atoms with Crippen LogP contribution in [0.25, 0.3) is 0 Å². The van der Waals surface area contributed by atoms with Gasteiger partial charge in [-0.2, -0.15) is 13.2 Å². The quantitative estimate of drug-likeness (QED) is 0.593. The molecule has 2 nitrogen and oxygen atoms in total. The van der Waals surface area contributed by atoms with Crippen molar-refractivity contribution in [1.82, 2.24) is 4.98 Å². The van der Waals surface area contributed by atoms with Crippen LogP contribution >= 0.6 is 11.6 Å². The van der Waals surface area contributed by atoms with E-state index in [0.29, 0.717) is 0 Å². The molecule has 0 atom stereocenters. The Balaban J connectivity index is 3.55. The second-order valence-electron chi connectivity index (χ2n) is 3.36. The average Bonchev–Trinajstić information content (AvgIpc) is 2.23. The maximum Gasteiger partial charge on any atom is 0.574 e. The van der Waals surface area contributed by atoms with E-state index in [2.05, 4.69) is 9.72 Å². The maximum absolute atomic E-state index is 12.6. The largest absolute Gasteiger partial charge is 0.574 e. The topological polar surface area (TPSA) is 22.1 Å². The third-order valence-electron chi connectivity index (χ3n) is 1.95. The third-order valence-corrected chi connectivity index (χ3v) is 2.22. The minimum absolute atomic E-state index is 0.151. The number of halogens is 9. The van der Waals surface area contributed by atoms with Crippen LogP contribution in [-0.2, 0) is 12.1 Å². The Morgan fingerprint density at radius 2 is 1.70 bits per heavy atom. The van der Waals surface area contributed by atoms with Crippen LogP contribution in [-0.4, -0.2) is 11.3 Å². The number of nitrogens with zero attached hydrogens (tertiary/aromatic N) is 1. The van der Waals surface area contributed by atoms with Gasteiger partial charge in [0.1, 0.15) is 0 Å². The molecule has 1 aromatic heterocycles. The molecule has 0 unspecified atom stereocenters. The number of hydrogen-bond donors (Lipinski definition) is 0. The van der Waals surface area contributed by atoms with E-state index in [4.69, 9.17) is 11.6 Å². The fourth-order valence-corrected chi connectivity index (χ4v) is 1.42. The van der Waals surface area contributed by atoms with Crippen LogP contribution in [0, 0.1) is 0 Å². The van der Waals surface area contributed by atoms with Crippen molar-refractivity contribution < 1.29 is 39.9 Å². The zero-order chi connectivity index (χ0) is 15.7. The van der Waals surface area contributed by atoms with Crippen LogP contribution in [0.4, 0.5) is 35.1 Å². The smallest absolute Gasteiger partial charge is 0.387 e. The van der Waals surface area contributed by atoms with Gasteiger partial charge in [0.05, 0.1) is 22.7 Å². The number of hydrogen-bond acceptors (Lipinski definition) is 2. The van der Waals surface area contributed by atoms with E-state index in [0.717, 1.165) is 0 Å². The van der Waals surface area contributed by atoms with Crippen molar-refractivity contribution in [2.45, 2.75) is 24.8 Å². The molecule has 0 saturated heterocycles. The molecule has 1 heterocycles. The highest BCUT2D eigenvalue weighted by molar-refractivity contribution is 6.16. The highest BCUT2D eigenvalue weighted by atomic mass is 35.5. The van der Waals surface area contributed by atoms with E-state index in [1.807, 2.05) is 0 Å². The predicted molar refractivity (Wildman–Crippen MR) is 50.4 cm³/mol. The van der Waals surface area contributed by atoms with Crippen LogP contribution in [0.5, 0.6) is 5.88 Å². The Morgan fingerprint density at radius 1 is 1.15 bits per heavy atom. The van der Waals surface area contributed by atoms with E-state index in [-0.39, 0.29) is 6.07 Å². The SMILES string of the molecule is FC(F)c1c(C(F)(F)F)cc(CCl)nc1OC(F)(F)F. The fraction of sp³-hybridized carbons (Fsp3) is 0.444. The van der Waals surface area contributed by atoms with Crippen molar-refractivity contribution in [2.24, 2.45) is 0 Å². The minimum Gasteiger partial charge on any atom is -0.387 e. The summed E-state index contributed by atoms with van der Waals surface area (Å²) in [5, 5.41) is 0. The Kier molecular flexibility index (Phi) is 4.67. The third kappa shape index (κ3) is 4.09. The normalized spacial score (nSPS) is 12.9. The lowest BCUT2D eigenvalue weighted by atomic mass is 10.1. The summed E-state index contributed by atoms with van der Waals surface area (Å²) in [6.07, 6.45) is -14.6. The summed E-state index contributed by atoms with van der Waals surface area (Å²) in [6, 6.07) is 0.151. The molecule has 0 amide bonds. The Morgan fingerprint density at radius 3 is 2.05 bits per heavy atom. The van der Waals surface area contributed by atoms with Gasteiger partial charge in [-0.05, 0) is 6.07 Å². The van der Waals surface area contributed by atoms with E-state index in [1.54, 1.807) is 0 Å². The number of aromatic nitrogens is 1. The molecule has 1 aromatic rings. The minimum atomic E-state index is -5.47. The van der Waals surface area contributed by atoms with Crippen molar-refractivity contribution >= 4 is 11.6 Å². The van der Waals surface area contributed by atoms with Crippen molar-refractivity contribution in [3.05, 3.63) is 22.9 Å². The standard InChI is InChI=1S/C9H4ClF8NO/c10-2-3-1-4(8(13,14)15)5(6(11)12)7(19-3)20-9(16,17)18/h1,6H,2H2.